The Balaban J connectivity index is 1.62. The van der Waals surface area contributed by atoms with E-state index in [1.54, 1.807) is 22.9 Å². The van der Waals surface area contributed by atoms with Crippen LogP contribution in [0.2, 0.25) is 0 Å². The van der Waals surface area contributed by atoms with E-state index in [-0.39, 0.29) is 11.7 Å². The van der Waals surface area contributed by atoms with Gasteiger partial charge in [0.25, 0.3) is 5.91 Å². The van der Waals surface area contributed by atoms with Crippen molar-refractivity contribution in [3.63, 3.8) is 0 Å². The molecule has 0 spiro atoms. The fourth-order valence-corrected chi connectivity index (χ4v) is 4.69. The van der Waals surface area contributed by atoms with Gasteiger partial charge in [0.1, 0.15) is 16.5 Å². The van der Waals surface area contributed by atoms with Gasteiger partial charge in [0.05, 0.1) is 0 Å². The first-order chi connectivity index (χ1) is 13.6. The summed E-state index contributed by atoms with van der Waals surface area (Å²) in [4.78, 5) is 12.9. The maximum absolute atomic E-state index is 14.3. The number of hydrogen-bond donors (Lipinski definition) is 1. The third-order valence-corrected chi connectivity index (χ3v) is 6.22. The van der Waals surface area contributed by atoms with Crippen LogP contribution in [0.5, 0.6) is 0 Å². The highest BCUT2D eigenvalue weighted by Crippen LogP contribution is 2.31. The lowest BCUT2D eigenvalue weighted by Gasteiger charge is -2.06. The monoisotopic (exact) mass is 399 g/mol. The highest BCUT2D eigenvalue weighted by Gasteiger charge is 2.28. The number of nitrogens with zero attached hydrogens (tertiary/aromatic N) is 4. The number of amides is 1. The van der Waals surface area contributed by atoms with Crippen molar-refractivity contribution in [2.24, 2.45) is 0 Å². The van der Waals surface area contributed by atoms with Crippen molar-refractivity contribution in [2.45, 2.75) is 51.9 Å². The van der Waals surface area contributed by atoms with Crippen LogP contribution >= 0.6 is 11.3 Å². The van der Waals surface area contributed by atoms with Gasteiger partial charge in [-0.05, 0) is 44.2 Å². The van der Waals surface area contributed by atoms with Gasteiger partial charge in [-0.15, -0.1) is 10.2 Å². The summed E-state index contributed by atoms with van der Waals surface area (Å²) in [7, 11) is 0. The van der Waals surface area contributed by atoms with E-state index < -0.39 is 0 Å². The molecule has 146 valence electrons. The Bertz CT molecular complexity index is 1010. The normalized spacial score (nSPS) is 13.1. The average molecular weight is 399 g/mol. The molecule has 1 N–H and O–H groups in total. The molecule has 6 nitrogen and oxygen atoms in total. The number of carbonyl (C=O) groups excluding carboxylic acids is 1. The number of aromatic nitrogens is 4. The zero-order chi connectivity index (χ0) is 19.7. The number of para-hydroxylation sites is 1. The van der Waals surface area contributed by atoms with Gasteiger partial charge >= 0.3 is 0 Å². The van der Waals surface area contributed by atoms with Gasteiger partial charge < -0.3 is 0 Å². The zero-order valence-corrected chi connectivity index (χ0v) is 16.7. The minimum absolute atomic E-state index is 0.319. The molecule has 2 aromatic heterocycles. The molecule has 0 saturated heterocycles. The number of nitrogens with one attached hydrogen (secondary N) is 1. The van der Waals surface area contributed by atoms with E-state index in [9.17, 15) is 9.18 Å². The third kappa shape index (κ3) is 3.32. The van der Waals surface area contributed by atoms with Crippen LogP contribution in [0, 0.1) is 5.82 Å². The molecule has 2 heterocycles. The second kappa shape index (κ2) is 7.79. The van der Waals surface area contributed by atoms with E-state index in [1.165, 1.54) is 17.4 Å². The van der Waals surface area contributed by atoms with Crippen LogP contribution in [0.1, 0.15) is 65.8 Å². The molecule has 0 fully saturated rings. The van der Waals surface area contributed by atoms with Crippen molar-refractivity contribution in [3.8, 4) is 5.69 Å². The summed E-state index contributed by atoms with van der Waals surface area (Å²) < 4.78 is 15.8. The van der Waals surface area contributed by atoms with Crippen molar-refractivity contribution in [2.75, 3.05) is 5.32 Å². The Morgan fingerprint density at radius 2 is 2.04 bits per heavy atom. The van der Waals surface area contributed by atoms with Crippen LogP contribution in [-0.2, 0) is 12.8 Å². The SMILES string of the molecule is CCC(CC)c1nnc(NC(=O)c2nn(-c3ccccc3F)c3c2CCC3)s1. The zero-order valence-electron chi connectivity index (χ0n) is 15.9. The fourth-order valence-electron chi connectivity index (χ4n) is 3.69. The summed E-state index contributed by atoms with van der Waals surface area (Å²) in [5.74, 6) is -0.321. The third-order valence-electron chi connectivity index (χ3n) is 5.22. The minimum atomic E-state index is -0.356. The van der Waals surface area contributed by atoms with Gasteiger partial charge in [0, 0.05) is 17.2 Å². The van der Waals surface area contributed by atoms with Gasteiger partial charge in [-0.1, -0.05) is 37.3 Å². The minimum Gasteiger partial charge on any atom is -0.295 e. The van der Waals surface area contributed by atoms with Crippen LogP contribution in [-0.4, -0.2) is 25.9 Å². The van der Waals surface area contributed by atoms with Crippen molar-refractivity contribution in [1.82, 2.24) is 20.0 Å². The molecule has 1 aliphatic carbocycles. The fraction of sp³-hybridized carbons (Fsp3) is 0.400. The molecule has 0 bridgehead atoms. The molecule has 0 unspecified atom stereocenters. The summed E-state index contributed by atoms with van der Waals surface area (Å²) in [5, 5.41) is 17.0. The summed E-state index contributed by atoms with van der Waals surface area (Å²) in [5.41, 5.74) is 2.51. The van der Waals surface area contributed by atoms with Crippen LogP contribution in [0.4, 0.5) is 9.52 Å². The van der Waals surface area contributed by atoms with Crippen LogP contribution < -0.4 is 5.32 Å². The second-order valence-electron chi connectivity index (χ2n) is 6.90. The number of rotatable bonds is 6. The Kier molecular flexibility index (Phi) is 5.21. The number of halogens is 1. The Hall–Kier alpha value is -2.61. The van der Waals surface area contributed by atoms with Crippen LogP contribution in [0.3, 0.4) is 0 Å². The topological polar surface area (TPSA) is 72.7 Å². The van der Waals surface area contributed by atoms with E-state index in [4.69, 9.17) is 0 Å². The molecule has 0 saturated carbocycles. The largest absolute Gasteiger partial charge is 0.295 e. The number of benzene rings is 1. The predicted octanol–water partition coefficient (Wildman–Crippen LogP) is 4.51. The van der Waals surface area contributed by atoms with E-state index in [1.807, 2.05) is 0 Å². The van der Waals surface area contributed by atoms with Crippen molar-refractivity contribution < 1.29 is 9.18 Å². The van der Waals surface area contributed by atoms with E-state index in [0.29, 0.717) is 22.4 Å². The lowest BCUT2D eigenvalue weighted by Crippen LogP contribution is -2.15. The van der Waals surface area contributed by atoms with Gasteiger partial charge in [0.2, 0.25) is 5.13 Å². The summed E-state index contributed by atoms with van der Waals surface area (Å²) in [6.45, 7) is 4.24. The Morgan fingerprint density at radius 3 is 2.79 bits per heavy atom. The highest BCUT2D eigenvalue weighted by molar-refractivity contribution is 7.15. The van der Waals surface area contributed by atoms with Gasteiger partial charge in [-0.3, -0.25) is 10.1 Å². The van der Waals surface area contributed by atoms with E-state index in [2.05, 4.69) is 34.5 Å². The van der Waals surface area contributed by atoms with Crippen molar-refractivity contribution >= 4 is 22.4 Å². The molecule has 0 atom stereocenters. The number of anilines is 1. The lowest BCUT2D eigenvalue weighted by atomic mass is 10.1. The first kappa shape index (κ1) is 18.7. The smallest absolute Gasteiger partial charge is 0.278 e. The average Bonchev–Trinajstić information content (AvgIpc) is 3.40. The summed E-state index contributed by atoms with van der Waals surface area (Å²) >= 11 is 1.40. The Morgan fingerprint density at radius 1 is 1.25 bits per heavy atom. The predicted molar refractivity (Wildman–Crippen MR) is 107 cm³/mol. The first-order valence-electron chi connectivity index (χ1n) is 9.62. The van der Waals surface area contributed by atoms with Gasteiger partial charge in [-0.25, -0.2) is 9.07 Å². The van der Waals surface area contributed by atoms with E-state index in [0.717, 1.165) is 48.4 Å². The standard InChI is InChI=1S/C20H22FN5OS/c1-3-12(4-2)19-23-24-20(28-19)22-18(27)17-13-8-7-11-15(13)26(25-17)16-10-6-5-9-14(16)21/h5-6,9-10,12H,3-4,7-8,11H2,1-2H3,(H,22,24,27). The van der Waals surface area contributed by atoms with Crippen LogP contribution in [0.15, 0.2) is 24.3 Å². The number of hydrogen-bond acceptors (Lipinski definition) is 5. The van der Waals surface area contributed by atoms with E-state index >= 15 is 0 Å². The number of fused-ring (bicyclic) bond motifs is 1. The summed E-state index contributed by atoms with van der Waals surface area (Å²) in [6.07, 6.45) is 4.45. The lowest BCUT2D eigenvalue weighted by molar-refractivity contribution is 0.102. The van der Waals surface area contributed by atoms with Crippen molar-refractivity contribution in [3.05, 3.63) is 52.0 Å². The molecule has 4 rings (SSSR count). The maximum Gasteiger partial charge on any atom is 0.278 e. The quantitative estimate of drug-likeness (QED) is 0.662. The van der Waals surface area contributed by atoms with Crippen LogP contribution in [0.25, 0.3) is 5.69 Å². The van der Waals surface area contributed by atoms with Gasteiger partial charge in [0.15, 0.2) is 5.69 Å². The molecule has 1 aliphatic rings. The van der Waals surface area contributed by atoms with Crippen molar-refractivity contribution in [1.29, 1.82) is 0 Å². The molecular formula is C20H22FN5OS. The molecule has 28 heavy (non-hydrogen) atoms. The number of carbonyl (C=O) groups is 1. The molecule has 8 heteroatoms. The summed E-state index contributed by atoms with van der Waals surface area (Å²) in [6, 6.07) is 6.49. The molecule has 0 radical (unpaired) electrons. The second-order valence-corrected chi connectivity index (χ2v) is 7.91. The Labute approximate surface area is 166 Å². The molecule has 3 aromatic rings. The molecule has 1 aromatic carbocycles. The highest BCUT2D eigenvalue weighted by atomic mass is 32.1. The molecular weight excluding hydrogens is 377 g/mol. The van der Waals surface area contributed by atoms with Gasteiger partial charge in [-0.2, -0.15) is 5.10 Å². The first-order valence-corrected chi connectivity index (χ1v) is 10.4. The molecule has 0 aliphatic heterocycles. The molecule has 1 amide bonds. The maximum atomic E-state index is 14.3.